The zero-order chi connectivity index (χ0) is 26.7. The number of thiol groups is 1. The fraction of sp³-hybridized carbons (Fsp3) is 0. The summed E-state index contributed by atoms with van der Waals surface area (Å²) >= 11 is 3.70. The lowest BCUT2D eigenvalue weighted by molar-refractivity contribution is 0.0696. The second-order valence-electron chi connectivity index (χ2n) is 7.59. The molecule has 4 rings (SSSR count). The number of rotatable bonds is 5. The highest BCUT2D eigenvalue weighted by Crippen LogP contribution is 2.44. The van der Waals surface area contributed by atoms with Crippen molar-refractivity contribution < 1.29 is 45.4 Å². The van der Waals surface area contributed by atoms with Crippen molar-refractivity contribution in [2.24, 2.45) is 0 Å². The average Bonchev–Trinajstić information content (AvgIpc) is 2.74. The van der Waals surface area contributed by atoms with E-state index in [2.05, 4.69) is 19.2 Å². The minimum Gasteiger partial charge on any atom is -0.478 e. The number of carbonyl (C=O) groups excluding carboxylic acids is 1. The molecule has 0 amide bonds. The maximum absolute atomic E-state index is 12.2. The number of nitrogens with two attached hydrogens (primary N) is 1. The number of aromatic carboxylic acids is 1. The van der Waals surface area contributed by atoms with Crippen LogP contribution in [0.2, 0.25) is 0 Å². The minimum atomic E-state index is -5.05. The van der Waals surface area contributed by atoms with Crippen LogP contribution in [-0.4, -0.2) is 42.1 Å². The molecule has 1 heterocycles. The van der Waals surface area contributed by atoms with E-state index in [0.717, 1.165) is 12.1 Å². The van der Waals surface area contributed by atoms with Gasteiger partial charge in [0.05, 0.1) is 11.3 Å². The maximum Gasteiger partial charge on any atom is 0.336 e. The SMILES string of the molecule is C=c1ccc2c(c1S(=O)(=O)O)Oc1c(ccc(N)c1S(=O)(=O)O)C=2c1ccc(C(=O)S)cc1C(=O)O. The van der Waals surface area contributed by atoms with E-state index in [1.807, 2.05) is 0 Å². The van der Waals surface area contributed by atoms with Crippen molar-refractivity contribution in [1.29, 1.82) is 0 Å². The molecule has 0 atom stereocenters. The molecule has 0 fully saturated rings. The molecule has 0 aliphatic carbocycles. The number of hydrogen-bond donors (Lipinski definition) is 5. The second kappa shape index (κ2) is 8.46. The molecular weight excluding hydrogens is 534 g/mol. The summed E-state index contributed by atoms with van der Waals surface area (Å²) in [5, 5.41) is 8.88. The highest BCUT2D eigenvalue weighted by molar-refractivity contribution is 7.97. The molecule has 186 valence electrons. The third-order valence-electron chi connectivity index (χ3n) is 5.36. The van der Waals surface area contributed by atoms with Gasteiger partial charge in [0.1, 0.15) is 4.90 Å². The molecule has 0 saturated carbocycles. The third-order valence-corrected chi connectivity index (χ3v) is 7.52. The van der Waals surface area contributed by atoms with Gasteiger partial charge in [-0.05, 0) is 41.1 Å². The fourth-order valence-electron chi connectivity index (χ4n) is 3.94. The van der Waals surface area contributed by atoms with Crippen LogP contribution in [0.15, 0.2) is 52.3 Å². The van der Waals surface area contributed by atoms with E-state index in [9.17, 15) is 40.6 Å². The molecule has 36 heavy (non-hydrogen) atoms. The number of carboxylic acid groups (broad SMARTS) is 1. The van der Waals surface area contributed by atoms with Crippen molar-refractivity contribution >= 4 is 61.8 Å². The number of carboxylic acids is 1. The van der Waals surface area contributed by atoms with Crippen molar-refractivity contribution in [3.8, 4) is 11.5 Å². The van der Waals surface area contributed by atoms with E-state index in [-0.39, 0.29) is 32.7 Å². The molecule has 0 spiro atoms. The summed E-state index contributed by atoms with van der Waals surface area (Å²) in [7, 11) is -10.0. The summed E-state index contributed by atoms with van der Waals surface area (Å²) < 4.78 is 74.2. The molecule has 3 aromatic carbocycles. The Balaban J connectivity index is 2.32. The van der Waals surface area contributed by atoms with Crippen LogP contribution in [0.4, 0.5) is 5.69 Å². The first-order valence-corrected chi connectivity index (χ1v) is 13.0. The van der Waals surface area contributed by atoms with Crippen molar-refractivity contribution in [3.63, 3.8) is 0 Å². The summed E-state index contributed by atoms with van der Waals surface area (Å²) in [5.41, 5.74) is 4.65. The Hall–Kier alpha value is -3.69. The number of ether oxygens (including phenoxy) is 1. The van der Waals surface area contributed by atoms with Gasteiger partial charge in [-0.1, -0.05) is 18.7 Å². The van der Waals surface area contributed by atoms with E-state index >= 15 is 0 Å². The molecule has 11 nitrogen and oxygen atoms in total. The largest absolute Gasteiger partial charge is 0.478 e. The van der Waals surface area contributed by atoms with Crippen molar-refractivity contribution in [2.75, 3.05) is 5.73 Å². The Labute approximate surface area is 209 Å². The standard InChI is InChI=1S/C22H15NO10S3/c1-9-2-4-12-16(11-5-3-10(22(26)34)8-14(11)21(24)25)13-6-7-15(23)20(36(30,31)32)18(13)33-17(12)19(9)35(27,28)29/h2-8H,1,23H2,(H,24,25)(H,26,34)(H,27,28,29)(H,30,31,32). The minimum absolute atomic E-state index is 0.0448. The normalized spacial score (nSPS) is 12.9. The summed E-state index contributed by atoms with van der Waals surface area (Å²) in [6, 6.07) is 8.51. The van der Waals surface area contributed by atoms with Gasteiger partial charge in [-0.3, -0.25) is 13.9 Å². The van der Waals surface area contributed by atoms with Gasteiger partial charge in [0.25, 0.3) is 20.2 Å². The van der Waals surface area contributed by atoms with Crippen LogP contribution in [0.3, 0.4) is 0 Å². The fourth-order valence-corrected chi connectivity index (χ4v) is 5.61. The molecule has 0 aromatic heterocycles. The van der Waals surface area contributed by atoms with Crippen LogP contribution < -0.4 is 20.9 Å². The smallest absolute Gasteiger partial charge is 0.336 e. The quantitative estimate of drug-likeness (QED) is 0.137. The molecule has 1 aliphatic rings. The van der Waals surface area contributed by atoms with Crippen LogP contribution in [0, 0.1) is 0 Å². The summed E-state index contributed by atoms with van der Waals surface area (Å²) in [5.74, 6) is -2.66. The lowest BCUT2D eigenvalue weighted by Gasteiger charge is -2.25. The summed E-state index contributed by atoms with van der Waals surface area (Å²) in [4.78, 5) is 22.1. The van der Waals surface area contributed by atoms with E-state index in [0.29, 0.717) is 0 Å². The number of hydrogen-bond acceptors (Lipinski definition) is 8. The number of fused-ring (bicyclic) bond motifs is 2. The highest BCUT2D eigenvalue weighted by Gasteiger charge is 2.34. The predicted octanol–water partition coefficient (Wildman–Crippen LogP) is 1.29. The third kappa shape index (κ3) is 4.14. The number of benzene rings is 3. The Morgan fingerprint density at radius 3 is 2.06 bits per heavy atom. The molecule has 1 aliphatic heterocycles. The Bertz CT molecular complexity index is 1850. The van der Waals surface area contributed by atoms with Gasteiger partial charge in [0, 0.05) is 21.9 Å². The van der Waals surface area contributed by atoms with Gasteiger partial charge in [-0.25, -0.2) is 4.79 Å². The topological polar surface area (TPSA) is 198 Å². The van der Waals surface area contributed by atoms with Crippen LogP contribution in [-0.2, 0) is 20.2 Å². The van der Waals surface area contributed by atoms with Gasteiger partial charge in [-0.15, -0.1) is 12.6 Å². The molecule has 14 heteroatoms. The van der Waals surface area contributed by atoms with Crippen LogP contribution in [0.1, 0.15) is 31.8 Å². The zero-order valence-corrected chi connectivity index (χ0v) is 20.3. The lowest BCUT2D eigenvalue weighted by Crippen LogP contribution is -2.27. The molecule has 0 radical (unpaired) electrons. The molecule has 5 N–H and O–H groups in total. The van der Waals surface area contributed by atoms with Crippen LogP contribution >= 0.6 is 12.6 Å². The van der Waals surface area contributed by atoms with Gasteiger partial charge in [0.2, 0.25) is 5.12 Å². The summed E-state index contributed by atoms with van der Waals surface area (Å²) in [6.45, 7) is 3.55. The summed E-state index contributed by atoms with van der Waals surface area (Å²) in [6.07, 6.45) is 0. The van der Waals surface area contributed by atoms with Crippen molar-refractivity contribution in [1.82, 2.24) is 0 Å². The monoisotopic (exact) mass is 549 g/mol. The van der Waals surface area contributed by atoms with Gasteiger partial charge >= 0.3 is 5.97 Å². The average molecular weight is 550 g/mol. The van der Waals surface area contributed by atoms with Gasteiger partial charge in [0.15, 0.2) is 16.4 Å². The molecule has 0 saturated heterocycles. The molecular formula is C22H15NO10S3. The second-order valence-corrected chi connectivity index (χ2v) is 10.7. The Morgan fingerprint density at radius 2 is 1.50 bits per heavy atom. The lowest BCUT2D eigenvalue weighted by atomic mass is 9.88. The first kappa shape index (κ1) is 25.4. The number of carbonyl (C=O) groups is 2. The van der Waals surface area contributed by atoms with Crippen LogP contribution in [0.5, 0.6) is 11.5 Å². The maximum atomic E-state index is 12.2. The van der Waals surface area contributed by atoms with E-state index in [1.165, 1.54) is 30.3 Å². The van der Waals surface area contributed by atoms with E-state index in [1.54, 1.807) is 0 Å². The molecule has 0 bridgehead atoms. The van der Waals surface area contributed by atoms with E-state index in [4.69, 9.17) is 10.5 Å². The van der Waals surface area contributed by atoms with Gasteiger partial charge < -0.3 is 15.6 Å². The number of anilines is 1. The number of nitrogen functional groups attached to an aromatic ring is 1. The highest BCUT2D eigenvalue weighted by atomic mass is 32.2. The Kier molecular flexibility index (Phi) is 5.97. The first-order valence-electron chi connectivity index (χ1n) is 9.66. The van der Waals surface area contributed by atoms with Crippen molar-refractivity contribution in [3.05, 3.63) is 75.2 Å². The van der Waals surface area contributed by atoms with Gasteiger partial charge in [-0.2, -0.15) is 16.8 Å². The Morgan fingerprint density at radius 1 is 0.889 bits per heavy atom. The van der Waals surface area contributed by atoms with Crippen molar-refractivity contribution in [2.45, 2.75) is 9.79 Å². The molecule has 3 aromatic rings. The van der Waals surface area contributed by atoms with E-state index < -0.39 is 63.9 Å². The first-order chi connectivity index (χ1) is 16.6. The van der Waals surface area contributed by atoms with Crippen LogP contribution in [0.25, 0.3) is 12.2 Å². The predicted molar refractivity (Wildman–Crippen MR) is 130 cm³/mol. The molecule has 0 unspecified atom stereocenters. The zero-order valence-electron chi connectivity index (χ0n) is 17.8.